The fourth-order valence-electron chi connectivity index (χ4n) is 3.74. The molecule has 0 spiro atoms. The number of likely N-dealkylation sites (N-methyl/N-ethyl adjacent to an activating group) is 1. The number of rotatable bonds is 11. The van der Waals surface area contributed by atoms with E-state index in [9.17, 15) is 9.90 Å². The fourth-order valence-corrected chi connectivity index (χ4v) is 4.76. The molecule has 0 bridgehead atoms. The van der Waals surface area contributed by atoms with Gasteiger partial charge in [0.05, 0.1) is 11.4 Å². The predicted molar refractivity (Wildman–Crippen MR) is 134 cm³/mol. The minimum absolute atomic E-state index is 0.0730. The Labute approximate surface area is 204 Å². The molecule has 0 saturated heterocycles. The summed E-state index contributed by atoms with van der Waals surface area (Å²) in [5, 5.41) is 21.9. The molecule has 0 aliphatic heterocycles. The lowest BCUT2D eigenvalue weighted by molar-refractivity contribution is -0.120. The molecule has 3 rings (SSSR count). The van der Waals surface area contributed by atoms with Crippen molar-refractivity contribution < 1.29 is 19.2 Å². The summed E-state index contributed by atoms with van der Waals surface area (Å²) in [7, 11) is 1.69. The molecule has 0 aliphatic carbocycles. The third-order valence-electron chi connectivity index (χ3n) is 5.40. The standard InChI is InChI=1S/C25H34N4O4S/c1-14(2)7-19-13-34-23(17(19)5)25-28-24(29-33-25)18-8-15(3)22(16(4)9-18)32-12-20(30)10-27-21(31)11-26-6/h8-9,13-14,20,26,30H,7,10-12H2,1-6H3,(H,27,31). The highest BCUT2D eigenvalue weighted by Crippen LogP contribution is 2.35. The van der Waals surface area contributed by atoms with E-state index in [2.05, 4.69) is 46.9 Å². The highest BCUT2D eigenvalue weighted by atomic mass is 32.1. The van der Waals surface area contributed by atoms with Crippen molar-refractivity contribution in [3.05, 3.63) is 39.8 Å². The molecule has 2 aromatic heterocycles. The van der Waals surface area contributed by atoms with Gasteiger partial charge in [0.15, 0.2) is 0 Å². The normalized spacial score (nSPS) is 12.2. The number of thiophene rings is 1. The van der Waals surface area contributed by atoms with Gasteiger partial charge in [-0.1, -0.05) is 19.0 Å². The molecule has 184 valence electrons. The van der Waals surface area contributed by atoms with Gasteiger partial charge < -0.3 is 25.0 Å². The molecule has 1 atom stereocenters. The van der Waals surface area contributed by atoms with Gasteiger partial charge in [0.25, 0.3) is 5.89 Å². The van der Waals surface area contributed by atoms with E-state index in [1.807, 2.05) is 26.0 Å². The van der Waals surface area contributed by atoms with Crippen LogP contribution in [0.25, 0.3) is 22.2 Å². The number of aliphatic hydroxyl groups excluding tert-OH is 1. The zero-order valence-corrected chi connectivity index (χ0v) is 21.5. The van der Waals surface area contributed by atoms with Gasteiger partial charge in [-0.25, -0.2) is 0 Å². The molecule has 1 amide bonds. The van der Waals surface area contributed by atoms with E-state index in [1.165, 1.54) is 11.1 Å². The lowest BCUT2D eigenvalue weighted by Gasteiger charge is -2.17. The second-order valence-electron chi connectivity index (χ2n) is 8.97. The number of aromatic nitrogens is 2. The molecular weight excluding hydrogens is 452 g/mol. The second-order valence-corrected chi connectivity index (χ2v) is 9.85. The first kappa shape index (κ1) is 25.9. The number of carbonyl (C=O) groups excluding carboxylic acids is 1. The van der Waals surface area contributed by atoms with Gasteiger partial charge in [-0.15, -0.1) is 11.3 Å². The molecular formula is C25H34N4O4S. The van der Waals surface area contributed by atoms with Crippen molar-refractivity contribution in [1.82, 2.24) is 20.8 Å². The summed E-state index contributed by atoms with van der Waals surface area (Å²) in [6.45, 7) is 10.8. The van der Waals surface area contributed by atoms with Crippen molar-refractivity contribution in [2.75, 3.05) is 26.7 Å². The molecule has 0 aliphatic rings. The van der Waals surface area contributed by atoms with Gasteiger partial charge in [0.1, 0.15) is 18.5 Å². The van der Waals surface area contributed by atoms with Crippen LogP contribution in [0.3, 0.4) is 0 Å². The average molecular weight is 487 g/mol. The van der Waals surface area contributed by atoms with Crippen molar-refractivity contribution >= 4 is 17.2 Å². The molecule has 34 heavy (non-hydrogen) atoms. The summed E-state index contributed by atoms with van der Waals surface area (Å²) in [5.41, 5.74) is 5.17. The van der Waals surface area contributed by atoms with Crippen LogP contribution in [-0.4, -0.2) is 54.0 Å². The van der Waals surface area contributed by atoms with Gasteiger partial charge >= 0.3 is 0 Å². The smallest absolute Gasteiger partial charge is 0.268 e. The number of hydrogen-bond acceptors (Lipinski definition) is 8. The highest BCUT2D eigenvalue weighted by molar-refractivity contribution is 7.13. The van der Waals surface area contributed by atoms with Crippen molar-refractivity contribution in [3.63, 3.8) is 0 Å². The minimum atomic E-state index is -0.811. The van der Waals surface area contributed by atoms with Gasteiger partial charge in [-0.3, -0.25) is 4.79 Å². The zero-order chi connectivity index (χ0) is 24.8. The van der Waals surface area contributed by atoms with Crippen LogP contribution in [0, 0.1) is 26.7 Å². The number of aliphatic hydroxyl groups is 1. The summed E-state index contributed by atoms with van der Waals surface area (Å²) < 4.78 is 11.5. The van der Waals surface area contributed by atoms with Crippen LogP contribution in [0.1, 0.15) is 36.1 Å². The van der Waals surface area contributed by atoms with E-state index in [1.54, 1.807) is 18.4 Å². The number of nitrogens with one attached hydrogen (secondary N) is 2. The van der Waals surface area contributed by atoms with E-state index in [-0.39, 0.29) is 25.6 Å². The number of benzene rings is 1. The number of carbonyl (C=O) groups is 1. The lowest BCUT2D eigenvalue weighted by Crippen LogP contribution is -2.39. The molecule has 0 fully saturated rings. The Morgan fingerprint density at radius 3 is 2.59 bits per heavy atom. The van der Waals surface area contributed by atoms with Crippen molar-refractivity contribution in [2.45, 2.75) is 47.1 Å². The minimum Gasteiger partial charge on any atom is -0.490 e. The maximum absolute atomic E-state index is 11.5. The van der Waals surface area contributed by atoms with Crippen LogP contribution in [0.2, 0.25) is 0 Å². The number of amides is 1. The van der Waals surface area contributed by atoms with Crippen molar-refractivity contribution in [1.29, 1.82) is 0 Å². The van der Waals surface area contributed by atoms with Crippen molar-refractivity contribution in [2.24, 2.45) is 5.92 Å². The van der Waals surface area contributed by atoms with Crippen LogP contribution in [0.15, 0.2) is 22.0 Å². The summed E-state index contributed by atoms with van der Waals surface area (Å²) in [6.07, 6.45) is 0.217. The van der Waals surface area contributed by atoms with Crippen LogP contribution in [0.5, 0.6) is 5.75 Å². The molecule has 3 N–H and O–H groups in total. The summed E-state index contributed by atoms with van der Waals surface area (Å²) in [6, 6.07) is 3.90. The summed E-state index contributed by atoms with van der Waals surface area (Å²) in [4.78, 5) is 17.2. The summed E-state index contributed by atoms with van der Waals surface area (Å²) in [5.74, 6) is 2.17. The quantitative estimate of drug-likeness (QED) is 0.379. The third kappa shape index (κ3) is 6.43. The first-order valence-corrected chi connectivity index (χ1v) is 12.3. The molecule has 1 aromatic carbocycles. The number of hydrogen-bond donors (Lipinski definition) is 3. The zero-order valence-electron chi connectivity index (χ0n) is 20.7. The Kier molecular flexibility index (Phi) is 8.82. The Morgan fingerprint density at radius 2 is 1.94 bits per heavy atom. The molecule has 0 radical (unpaired) electrons. The Morgan fingerprint density at radius 1 is 1.24 bits per heavy atom. The Hall–Kier alpha value is -2.75. The maximum atomic E-state index is 11.5. The molecule has 2 heterocycles. The predicted octanol–water partition coefficient (Wildman–Crippen LogP) is 3.66. The van der Waals surface area contributed by atoms with Crippen LogP contribution >= 0.6 is 11.3 Å². The summed E-state index contributed by atoms with van der Waals surface area (Å²) >= 11 is 1.64. The van der Waals surface area contributed by atoms with Crippen LogP contribution in [0.4, 0.5) is 0 Å². The van der Waals surface area contributed by atoms with Crippen LogP contribution < -0.4 is 15.4 Å². The van der Waals surface area contributed by atoms with Gasteiger partial charge in [-0.05, 0) is 79.9 Å². The molecule has 1 unspecified atom stereocenters. The SMILES string of the molecule is CNCC(=O)NCC(O)COc1c(C)cc(-c2noc(-c3scc(CC(C)C)c3C)n2)cc1C. The highest BCUT2D eigenvalue weighted by Gasteiger charge is 2.19. The molecule has 9 heteroatoms. The average Bonchev–Trinajstić information content (AvgIpc) is 3.39. The van der Waals surface area contributed by atoms with Crippen LogP contribution in [-0.2, 0) is 11.2 Å². The number of aryl methyl sites for hydroxylation is 2. The lowest BCUT2D eigenvalue weighted by atomic mass is 10.0. The second kappa shape index (κ2) is 11.6. The maximum Gasteiger partial charge on any atom is 0.268 e. The Bertz CT molecular complexity index is 1100. The van der Waals surface area contributed by atoms with Gasteiger partial charge in [0.2, 0.25) is 11.7 Å². The first-order valence-electron chi connectivity index (χ1n) is 11.4. The molecule has 0 saturated carbocycles. The Balaban J connectivity index is 1.69. The van der Waals surface area contributed by atoms with E-state index in [0.29, 0.717) is 23.4 Å². The number of ether oxygens (including phenoxy) is 1. The van der Waals surface area contributed by atoms with Gasteiger partial charge in [-0.2, -0.15) is 4.98 Å². The van der Waals surface area contributed by atoms with Crippen molar-refractivity contribution in [3.8, 4) is 27.9 Å². The monoisotopic (exact) mass is 486 g/mol. The fraction of sp³-hybridized carbons (Fsp3) is 0.480. The topological polar surface area (TPSA) is 110 Å². The van der Waals surface area contributed by atoms with E-state index >= 15 is 0 Å². The van der Waals surface area contributed by atoms with E-state index in [0.717, 1.165) is 28.0 Å². The molecule has 8 nitrogen and oxygen atoms in total. The van der Waals surface area contributed by atoms with E-state index in [4.69, 9.17) is 9.26 Å². The largest absolute Gasteiger partial charge is 0.490 e. The number of nitrogens with zero attached hydrogens (tertiary/aromatic N) is 2. The molecule has 3 aromatic rings. The van der Waals surface area contributed by atoms with E-state index < -0.39 is 6.10 Å². The first-order chi connectivity index (χ1) is 16.2. The third-order valence-corrected chi connectivity index (χ3v) is 6.52. The van der Waals surface area contributed by atoms with Gasteiger partial charge in [0, 0.05) is 12.1 Å².